The van der Waals surface area contributed by atoms with Gasteiger partial charge in [0.15, 0.2) is 6.61 Å². The number of amides is 1. The zero-order chi connectivity index (χ0) is 21.6. The Bertz CT molecular complexity index is 963. The normalized spacial score (nSPS) is 17.5. The van der Waals surface area contributed by atoms with Gasteiger partial charge in [0, 0.05) is 19.2 Å². The number of carbonyl (C=O) groups excluding carboxylic acids is 1. The van der Waals surface area contributed by atoms with E-state index in [9.17, 15) is 13.2 Å². The van der Waals surface area contributed by atoms with Crippen molar-refractivity contribution >= 4 is 27.5 Å². The molecule has 30 heavy (non-hydrogen) atoms. The molecule has 0 saturated carbocycles. The van der Waals surface area contributed by atoms with E-state index in [1.807, 2.05) is 30.3 Å². The van der Waals surface area contributed by atoms with Gasteiger partial charge in [0.25, 0.3) is 5.91 Å². The number of nitrogens with one attached hydrogen (secondary N) is 2. The van der Waals surface area contributed by atoms with Gasteiger partial charge in [-0.05, 0) is 43.5 Å². The number of rotatable bonds is 9. The van der Waals surface area contributed by atoms with Crippen LogP contribution in [0, 0.1) is 0 Å². The Kier molecular flexibility index (Phi) is 7.71. The number of benzene rings is 2. The van der Waals surface area contributed by atoms with Crippen molar-refractivity contribution in [3.05, 3.63) is 59.1 Å². The molecular formula is C21H25ClN2O5S. The molecule has 2 aromatic rings. The Labute approximate surface area is 181 Å². The molecule has 0 aliphatic carbocycles. The van der Waals surface area contributed by atoms with Gasteiger partial charge < -0.3 is 14.8 Å². The minimum absolute atomic E-state index is 0.0189. The van der Waals surface area contributed by atoms with E-state index in [0.29, 0.717) is 6.54 Å². The lowest BCUT2D eigenvalue weighted by Crippen LogP contribution is -2.35. The van der Waals surface area contributed by atoms with E-state index < -0.39 is 16.1 Å². The topological polar surface area (TPSA) is 93.7 Å². The number of ether oxygens (including phenoxy) is 2. The minimum atomic E-state index is -3.78. The summed E-state index contributed by atoms with van der Waals surface area (Å²) in [4.78, 5) is 11.9. The predicted molar refractivity (Wildman–Crippen MR) is 114 cm³/mol. The van der Waals surface area contributed by atoms with Crippen LogP contribution in [-0.4, -0.2) is 40.2 Å². The molecule has 3 rings (SSSR count). The van der Waals surface area contributed by atoms with Gasteiger partial charge in [-0.15, -0.1) is 0 Å². The molecule has 9 heteroatoms. The summed E-state index contributed by atoms with van der Waals surface area (Å²) in [5.41, 5.74) is 0.848. The lowest BCUT2D eigenvalue weighted by molar-refractivity contribution is -0.123. The Morgan fingerprint density at radius 1 is 1.27 bits per heavy atom. The second-order valence-electron chi connectivity index (χ2n) is 7.07. The van der Waals surface area contributed by atoms with Gasteiger partial charge in [0.05, 0.1) is 16.0 Å². The Balaban J connectivity index is 1.56. The van der Waals surface area contributed by atoms with Gasteiger partial charge in [-0.25, -0.2) is 13.1 Å². The second kappa shape index (κ2) is 10.3. The number of hydrogen-bond acceptors (Lipinski definition) is 5. The molecule has 2 aromatic carbocycles. The maximum absolute atomic E-state index is 12.7. The van der Waals surface area contributed by atoms with Crippen LogP contribution in [0.3, 0.4) is 0 Å². The van der Waals surface area contributed by atoms with Crippen LogP contribution in [0.25, 0.3) is 0 Å². The van der Waals surface area contributed by atoms with E-state index in [0.717, 1.165) is 25.0 Å². The summed E-state index contributed by atoms with van der Waals surface area (Å²) in [6.07, 6.45) is 1.98. The molecule has 1 aliphatic heterocycles. The lowest BCUT2D eigenvalue weighted by atomic mass is 10.1. The molecule has 0 spiro atoms. The largest absolute Gasteiger partial charge is 0.482 e. The highest BCUT2D eigenvalue weighted by Crippen LogP contribution is 2.28. The maximum Gasteiger partial charge on any atom is 0.258 e. The number of carbonyl (C=O) groups is 1. The molecule has 162 valence electrons. The molecule has 1 amide bonds. The summed E-state index contributed by atoms with van der Waals surface area (Å²) >= 11 is 6.18. The van der Waals surface area contributed by atoms with Crippen molar-refractivity contribution < 1.29 is 22.7 Å². The zero-order valence-corrected chi connectivity index (χ0v) is 18.2. The highest BCUT2D eigenvalue weighted by Gasteiger charge is 2.20. The summed E-state index contributed by atoms with van der Waals surface area (Å²) in [6, 6.07) is 13.0. The molecule has 0 unspecified atom stereocenters. The van der Waals surface area contributed by atoms with Gasteiger partial charge in [-0.3, -0.25) is 4.79 Å². The minimum Gasteiger partial charge on any atom is -0.482 e. The second-order valence-corrected chi connectivity index (χ2v) is 9.19. The third-order valence-corrected chi connectivity index (χ3v) is 6.59. The van der Waals surface area contributed by atoms with Crippen molar-refractivity contribution in [2.45, 2.75) is 36.8 Å². The first-order valence-corrected chi connectivity index (χ1v) is 11.6. The van der Waals surface area contributed by atoms with Crippen molar-refractivity contribution in [2.24, 2.45) is 0 Å². The Hall–Kier alpha value is -2.13. The molecule has 0 bridgehead atoms. The van der Waals surface area contributed by atoms with Gasteiger partial charge in [-0.2, -0.15) is 0 Å². The molecule has 1 fully saturated rings. The number of sulfonamides is 1. The zero-order valence-electron chi connectivity index (χ0n) is 16.6. The maximum atomic E-state index is 12.7. The Morgan fingerprint density at radius 3 is 2.70 bits per heavy atom. The lowest BCUT2D eigenvalue weighted by Gasteiger charge is -2.15. The van der Waals surface area contributed by atoms with Gasteiger partial charge in [0.2, 0.25) is 10.0 Å². The number of halogens is 1. The van der Waals surface area contributed by atoms with Crippen molar-refractivity contribution in [3.8, 4) is 5.75 Å². The SMILES string of the molecule is C[C@@H](NS(=O)(=O)c1ccc(OCC(=O)NC[C@@H]2CCCO2)c(Cl)c1)c1ccccc1. The van der Waals surface area contributed by atoms with Crippen LogP contribution in [-0.2, 0) is 19.6 Å². The highest BCUT2D eigenvalue weighted by atomic mass is 35.5. The Morgan fingerprint density at radius 2 is 2.03 bits per heavy atom. The highest BCUT2D eigenvalue weighted by molar-refractivity contribution is 7.89. The van der Waals surface area contributed by atoms with Crippen molar-refractivity contribution in [3.63, 3.8) is 0 Å². The fraction of sp³-hybridized carbons (Fsp3) is 0.381. The standard InChI is InChI=1S/C21H25ClN2O5S/c1-15(16-6-3-2-4-7-16)24-30(26,27)18-9-10-20(19(22)12-18)29-14-21(25)23-13-17-8-5-11-28-17/h2-4,6-7,9-10,12,15,17,24H,5,8,11,13-14H2,1H3,(H,23,25)/t15-,17+/m1/s1. The average Bonchev–Trinajstić information content (AvgIpc) is 3.25. The first kappa shape index (κ1) is 22.6. The van der Waals surface area contributed by atoms with E-state index in [4.69, 9.17) is 21.1 Å². The fourth-order valence-corrected chi connectivity index (χ4v) is 4.66. The first-order valence-electron chi connectivity index (χ1n) is 9.73. The van der Waals surface area contributed by atoms with E-state index in [1.54, 1.807) is 6.92 Å². The molecule has 1 heterocycles. The van der Waals surface area contributed by atoms with Crippen LogP contribution in [0.15, 0.2) is 53.4 Å². The van der Waals surface area contributed by atoms with Crippen LogP contribution in [0.2, 0.25) is 5.02 Å². The fourth-order valence-electron chi connectivity index (χ4n) is 3.10. The first-order chi connectivity index (χ1) is 14.3. The monoisotopic (exact) mass is 452 g/mol. The summed E-state index contributed by atoms with van der Waals surface area (Å²) < 4.78 is 38.8. The van der Waals surface area contributed by atoms with Crippen LogP contribution in [0.5, 0.6) is 5.75 Å². The summed E-state index contributed by atoms with van der Waals surface area (Å²) in [6.45, 7) is 2.71. The molecule has 2 N–H and O–H groups in total. The molecule has 1 aliphatic rings. The van der Waals surface area contributed by atoms with Crippen LogP contribution in [0.1, 0.15) is 31.4 Å². The quantitative estimate of drug-likeness (QED) is 0.609. The summed E-state index contributed by atoms with van der Waals surface area (Å²) in [7, 11) is -3.78. The van der Waals surface area contributed by atoms with Crippen LogP contribution in [0.4, 0.5) is 0 Å². The molecule has 2 atom stereocenters. The van der Waals surface area contributed by atoms with E-state index in [2.05, 4.69) is 10.0 Å². The molecule has 0 radical (unpaired) electrons. The van der Waals surface area contributed by atoms with Gasteiger partial charge in [-0.1, -0.05) is 41.9 Å². The third-order valence-electron chi connectivity index (χ3n) is 4.75. The van der Waals surface area contributed by atoms with Crippen molar-refractivity contribution in [2.75, 3.05) is 19.8 Å². The van der Waals surface area contributed by atoms with E-state index in [-0.39, 0.29) is 34.3 Å². The third kappa shape index (κ3) is 6.18. The molecule has 0 aromatic heterocycles. The van der Waals surface area contributed by atoms with Gasteiger partial charge >= 0.3 is 0 Å². The molecular weight excluding hydrogens is 428 g/mol. The predicted octanol–water partition coefficient (Wildman–Crippen LogP) is 3.05. The van der Waals surface area contributed by atoms with Crippen LogP contribution >= 0.6 is 11.6 Å². The summed E-state index contributed by atoms with van der Waals surface area (Å²) in [5.74, 6) is -0.0596. The smallest absolute Gasteiger partial charge is 0.258 e. The van der Waals surface area contributed by atoms with Crippen LogP contribution < -0.4 is 14.8 Å². The summed E-state index contributed by atoms with van der Waals surface area (Å²) in [5, 5.41) is 2.86. The molecule has 1 saturated heterocycles. The van der Waals surface area contributed by atoms with E-state index >= 15 is 0 Å². The average molecular weight is 453 g/mol. The number of hydrogen-bond donors (Lipinski definition) is 2. The van der Waals surface area contributed by atoms with Crippen molar-refractivity contribution in [1.29, 1.82) is 0 Å². The molecule has 7 nitrogen and oxygen atoms in total. The van der Waals surface area contributed by atoms with E-state index in [1.165, 1.54) is 18.2 Å². The van der Waals surface area contributed by atoms with Crippen molar-refractivity contribution in [1.82, 2.24) is 10.0 Å². The van der Waals surface area contributed by atoms with Gasteiger partial charge in [0.1, 0.15) is 5.75 Å².